The van der Waals surface area contributed by atoms with Crippen LogP contribution in [0.4, 0.5) is 0 Å². The number of nitrogens with one attached hydrogen (secondary N) is 1. The summed E-state index contributed by atoms with van der Waals surface area (Å²) in [4.78, 5) is 0. The van der Waals surface area contributed by atoms with Crippen LogP contribution in [0.3, 0.4) is 0 Å². The molecule has 1 aliphatic carbocycles. The van der Waals surface area contributed by atoms with Crippen LogP contribution in [-0.4, -0.2) is 36.0 Å². The largest absolute Gasteiger partial charge is 0.396 e. The van der Waals surface area contributed by atoms with Crippen molar-refractivity contribution >= 4 is 0 Å². The highest BCUT2D eigenvalue weighted by atomic mass is 16.3. The minimum Gasteiger partial charge on any atom is -0.396 e. The summed E-state index contributed by atoms with van der Waals surface area (Å²) >= 11 is 0. The fraction of sp³-hybridized carbons (Fsp3) is 1.00. The van der Waals surface area contributed by atoms with E-state index in [1.165, 1.54) is 25.7 Å². The molecule has 0 bridgehead atoms. The van der Waals surface area contributed by atoms with E-state index in [0.717, 1.165) is 44.7 Å². The molecule has 3 nitrogen and oxygen atoms in total. The zero-order valence-corrected chi connectivity index (χ0v) is 10.3. The maximum atomic E-state index is 9.38. The highest BCUT2D eigenvalue weighted by Crippen LogP contribution is 2.23. The van der Waals surface area contributed by atoms with Gasteiger partial charge in [0, 0.05) is 6.61 Å². The van der Waals surface area contributed by atoms with E-state index in [-0.39, 0.29) is 6.10 Å². The lowest BCUT2D eigenvalue weighted by Gasteiger charge is -2.25. The molecule has 0 spiro atoms. The maximum Gasteiger partial charge on any atom is 0.0540 e. The van der Waals surface area contributed by atoms with E-state index in [1.807, 2.05) is 0 Å². The molecule has 1 fully saturated rings. The Hall–Kier alpha value is -0.120. The quantitative estimate of drug-likeness (QED) is 0.555. The first-order chi connectivity index (χ1) is 7.83. The molecule has 0 saturated heterocycles. The lowest BCUT2D eigenvalue weighted by atomic mass is 9.87. The molecule has 0 radical (unpaired) electrons. The second-order valence-electron chi connectivity index (χ2n) is 5.02. The van der Waals surface area contributed by atoms with Crippen LogP contribution in [0.5, 0.6) is 0 Å². The second kappa shape index (κ2) is 8.97. The van der Waals surface area contributed by atoms with Gasteiger partial charge in [0.1, 0.15) is 0 Å². The van der Waals surface area contributed by atoms with E-state index in [9.17, 15) is 5.11 Å². The molecule has 0 atom stereocenters. The number of unbranched alkanes of at least 4 members (excludes halogenated alkanes) is 3. The molecular formula is C13H27NO2. The van der Waals surface area contributed by atoms with Gasteiger partial charge in [-0.2, -0.15) is 0 Å². The summed E-state index contributed by atoms with van der Waals surface area (Å²) in [6.07, 6.45) is 8.83. The Bertz CT molecular complexity index is 156. The lowest BCUT2D eigenvalue weighted by molar-refractivity contribution is 0.108. The third-order valence-corrected chi connectivity index (χ3v) is 3.51. The van der Waals surface area contributed by atoms with Crippen molar-refractivity contribution in [2.45, 2.75) is 57.5 Å². The third-order valence-electron chi connectivity index (χ3n) is 3.51. The zero-order chi connectivity index (χ0) is 11.6. The van der Waals surface area contributed by atoms with Gasteiger partial charge in [0.05, 0.1) is 6.10 Å². The fourth-order valence-corrected chi connectivity index (χ4v) is 2.37. The summed E-state index contributed by atoms with van der Waals surface area (Å²) in [5.74, 6) is 0.779. The Morgan fingerprint density at radius 1 is 0.938 bits per heavy atom. The number of hydrogen-bond acceptors (Lipinski definition) is 3. The van der Waals surface area contributed by atoms with Crippen molar-refractivity contribution < 1.29 is 10.2 Å². The van der Waals surface area contributed by atoms with Gasteiger partial charge in [0.15, 0.2) is 0 Å². The molecular weight excluding hydrogens is 202 g/mol. The van der Waals surface area contributed by atoms with Crippen molar-refractivity contribution in [2.75, 3.05) is 19.7 Å². The first-order valence-corrected chi connectivity index (χ1v) is 6.82. The highest BCUT2D eigenvalue weighted by Gasteiger charge is 2.18. The van der Waals surface area contributed by atoms with Gasteiger partial charge in [-0.05, 0) is 57.5 Å². The summed E-state index contributed by atoms with van der Waals surface area (Å²) < 4.78 is 0. The topological polar surface area (TPSA) is 52.5 Å². The van der Waals surface area contributed by atoms with Crippen molar-refractivity contribution in [3.63, 3.8) is 0 Å². The molecule has 0 unspecified atom stereocenters. The molecule has 0 heterocycles. The number of rotatable bonds is 8. The number of hydrogen-bond donors (Lipinski definition) is 3. The van der Waals surface area contributed by atoms with Crippen LogP contribution >= 0.6 is 0 Å². The van der Waals surface area contributed by atoms with Gasteiger partial charge < -0.3 is 15.5 Å². The summed E-state index contributed by atoms with van der Waals surface area (Å²) in [5.41, 5.74) is 0. The zero-order valence-electron chi connectivity index (χ0n) is 10.3. The Balaban J connectivity index is 1.84. The minimum atomic E-state index is -0.0327. The Kier molecular flexibility index (Phi) is 7.81. The average Bonchev–Trinajstić information content (AvgIpc) is 2.30. The summed E-state index contributed by atoms with van der Waals surface area (Å²) in [6.45, 7) is 2.55. The van der Waals surface area contributed by atoms with Crippen LogP contribution in [0.2, 0.25) is 0 Å². The molecule has 1 aliphatic rings. The molecule has 1 saturated carbocycles. The van der Waals surface area contributed by atoms with Crippen LogP contribution < -0.4 is 5.32 Å². The molecule has 0 aliphatic heterocycles. The minimum absolute atomic E-state index is 0.0327. The number of aliphatic hydroxyl groups is 2. The molecule has 0 aromatic carbocycles. The summed E-state index contributed by atoms with van der Waals surface area (Å²) in [6, 6.07) is 0. The van der Waals surface area contributed by atoms with Gasteiger partial charge in [0.25, 0.3) is 0 Å². The van der Waals surface area contributed by atoms with Crippen LogP contribution in [0.25, 0.3) is 0 Å². The maximum absolute atomic E-state index is 9.38. The predicted molar refractivity (Wildman–Crippen MR) is 66.4 cm³/mol. The monoisotopic (exact) mass is 229 g/mol. The van der Waals surface area contributed by atoms with E-state index >= 15 is 0 Å². The Morgan fingerprint density at radius 2 is 1.62 bits per heavy atom. The van der Waals surface area contributed by atoms with Crippen molar-refractivity contribution in [1.82, 2.24) is 5.32 Å². The molecule has 96 valence electrons. The smallest absolute Gasteiger partial charge is 0.0540 e. The highest BCUT2D eigenvalue weighted by molar-refractivity contribution is 4.72. The van der Waals surface area contributed by atoms with Crippen molar-refractivity contribution in [1.29, 1.82) is 0 Å². The van der Waals surface area contributed by atoms with Crippen LogP contribution in [0.15, 0.2) is 0 Å². The first kappa shape index (κ1) is 13.9. The standard InChI is InChI=1S/C13H27NO2/c15-10-4-2-1-3-9-14-11-12-5-7-13(16)8-6-12/h12-16H,1-11H2. The molecule has 3 heteroatoms. The summed E-state index contributed by atoms with van der Waals surface area (Å²) in [7, 11) is 0. The van der Waals surface area contributed by atoms with E-state index < -0.39 is 0 Å². The van der Waals surface area contributed by atoms with Gasteiger partial charge in [0.2, 0.25) is 0 Å². The normalized spacial score (nSPS) is 25.9. The van der Waals surface area contributed by atoms with Crippen LogP contribution in [-0.2, 0) is 0 Å². The molecule has 0 aromatic rings. The van der Waals surface area contributed by atoms with Crippen molar-refractivity contribution in [2.24, 2.45) is 5.92 Å². The molecule has 0 amide bonds. The van der Waals surface area contributed by atoms with Crippen molar-refractivity contribution in [3.05, 3.63) is 0 Å². The Morgan fingerprint density at radius 3 is 2.31 bits per heavy atom. The van der Waals surface area contributed by atoms with Crippen molar-refractivity contribution in [3.8, 4) is 0 Å². The van der Waals surface area contributed by atoms with Crippen LogP contribution in [0.1, 0.15) is 51.4 Å². The lowest BCUT2D eigenvalue weighted by Crippen LogP contribution is -2.28. The van der Waals surface area contributed by atoms with E-state index in [0.29, 0.717) is 6.61 Å². The third kappa shape index (κ3) is 6.46. The van der Waals surface area contributed by atoms with Gasteiger partial charge in [-0.3, -0.25) is 0 Å². The molecule has 1 rings (SSSR count). The number of aliphatic hydroxyl groups excluding tert-OH is 2. The molecule has 0 aromatic heterocycles. The van der Waals surface area contributed by atoms with E-state index in [4.69, 9.17) is 5.11 Å². The predicted octanol–water partition coefficient (Wildman–Crippen LogP) is 1.68. The van der Waals surface area contributed by atoms with E-state index in [1.54, 1.807) is 0 Å². The van der Waals surface area contributed by atoms with Gasteiger partial charge in [-0.1, -0.05) is 12.8 Å². The second-order valence-corrected chi connectivity index (χ2v) is 5.02. The summed E-state index contributed by atoms with van der Waals surface area (Å²) in [5, 5.41) is 21.5. The SMILES string of the molecule is OCCCCCCNCC1CCC(O)CC1. The average molecular weight is 229 g/mol. The molecule has 3 N–H and O–H groups in total. The van der Waals surface area contributed by atoms with E-state index in [2.05, 4.69) is 5.32 Å². The van der Waals surface area contributed by atoms with Gasteiger partial charge in [-0.25, -0.2) is 0 Å². The van der Waals surface area contributed by atoms with Crippen LogP contribution in [0, 0.1) is 5.92 Å². The first-order valence-electron chi connectivity index (χ1n) is 6.82. The van der Waals surface area contributed by atoms with Gasteiger partial charge >= 0.3 is 0 Å². The molecule has 16 heavy (non-hydrogen) atoms. The Labute approximate surface area is 99.3 Å². The van der Waals surface area contributed by atoms with Gasteiger partial charge in [-0.15, -0.1) is 0 Å². The fourth-order valence-electron chi connectivity index (χ4n) is 2.37.